The Bertz CT molecular complexity index is 1020. The minimum absolute atomic E-state index is 0.190. The van der Waals surface area contributed by atoms with E-state index >= 15 is 0 Å². The van der Waals surface area contributed by atoms with E-state index in [0.717, 1.165) is 10.7 Å². The lowest BCUT2D eigenvalue weighted by Crippen LogP contribution is -2.30. The van der Waals surface area contributed by atoms with Crippen LogP contribution in [0.15, 0.2) is 58.2 Å². The van der Waals surface area contributed by atoms with E-state index in [-0.39, 0.29) is 5.91 Å². The molecule has 0 unspecified atom stereocenters. The van der Waals surface area contributed by atoms with Crippen LogP contribution in [0.3, 0.4) is 0 Å². The number of nitrogens with zero attached hydrogens (tertiary/aromatic N) is 2. The van der Waals surface area contributed by atoms with Gasteiger partial charge in [-0.25, -0.2) is 4.98 Å². The van der Waals surface area contributed by atoms with E-state index in [1.54, 1.807) is 12.3 Å². The molecule has 5 nitrogen and oxygen atoms in total. The van der Waals surface area contributed by atoms with Crippen LogP contribution >= 0.6 is 23.6 Å². The lowest BCUT2D eigenvalue weighted by atomic mass is 10.0. The zero-order valence-corrected chi connectivity index (χ0v) is 16.4. The van der Waals surface area contributed by atoms with Crippen molar-refractivity contribution in [3.05, 3.63) is 65.0 Å². The van der Waals surface area contributed by atoms with Crippen LogP contribution in [0.4, 0.5) is 5.69 Å². The summed E-state index contributed by atoms with van der Waals surface area (Å²) in [7, 11) is 0. The Morgan fingerprint density at radius 2 is 2.04 bits per heavy atom. The summed E-state index contributed by atoms with van der Waals surface area (Å²) < 4.78 is 5.36. The van der Waals surface area contributed by atoms with Crippen LogP contribution in [-0.2, 0) is 4.79 Å². The summed E-state index contributed by atoms with van der Waals surface area (Å²) in [6.07, 6.45) is 3.32. The maximum atomic E-state index is 12.8. The number of aromatic nitrogens is 1. The van der Waals surface area contributed by atoms with Gasteiger partial charge in [-0.05, 0) is 54.0 Å². The van der Waals surface area contributed by atoms with Crippen molar-refractivity contribution >= 4 is 46.3 Å². The quantitative estimate of drug-likeness (QED) is 0.508. The van der Waals surface area contributed by atoms with Gasteiger partial charge >= 0.3 is 0 Å². The number of rotatable bonds is 4. The first-order valence-electron chi connectivity index (χ1n) is 8.49. The first-order valence-corrected chi connectivity index (χ1v) is 9.78. The highest BCUT2D eigenvalue weighted by Gasteiger charge is 2.32. The van der Waals surface area contributed by atoms with Gasteiger partial charge in [0.1, 0.15) is 5.70 Å². The monoisotopic (exact) mass is 395 g/mol. The Balaban J connectivity index is 1.58. The number of furan rings is 1. The molecule has 27 heavy (non-hydrogen) atoms. The Labute approximate surface area is 166 Å². The molecule has 7 heteroatoms. The minimum Gasteiger partial charge on any atom is -0.462 e. The van der Waals surface area contributed by atoms with Gasteiger partial charge in [0.15, 0.2) is 15.9 Å². The highest BCUT2D eigenvalue weighted by Crippen LogP contribution is 2.27. The summed E-state index contributed by atoms with van der Waals surface area (Å²) in [6, 6.07) is 11.6. The van der Waals surface area contributed by atoms with Crippen LogP contribution in [0.1, 0.15) is 31.0 Å². The molecule has 0 aliphatic carbocycles. The van der Waals surface area contributed by atoms with Gasteiger partial charge < -0.3 is 9.73 Å². The number of thiazole rings is 1. The zero-order chi connectivity index (χ0) is 19.0. The number of amides is 1. The number of benzene rings is 1. The Morgan fingerprint density at radius 3 is 2.70 bits per heavy atom. The van der Waals surface area contributed by atoms with Crippen molar-refractivity contribution in [3.8, 4) is 10.8 Å². The summed E-state index contributed by atoms with van der Waals surface area (Å²) in [5.41, 5.74) is 3.05. The molecule has 1 fully saturated rings. The molecule has 1 N–H and O–H groups in total. The van der Waals surface area contributed by atoms with Gasteiger partial charge in [0.25, 0.3) is 5.91 Å². The number of thiocarbonyl (C=S) groups is 1. The van der Waals surface area contributed by atoms with E-state index in [2.05, 4.69) is 24.1 Å². The number of anilines is 1. The van der Waals surface area contributed by atoms with E-state index in [0.29, 0.717) is 28.2 Å². The minimum atomic E-state index is -0.190. The average Bonchev–Trinajstić information content (AvgIpc) is 3.37. The smallest absolute Gasteiger partial charge is 0.281 e. The summed E-state index contributed by atoms with van der Waals surface area (Å²) in [5, 5.41) is 6.00. The molecule has 2 aromatic heterocycles. The van der Waals surface area contributed by atoms with Gasteiger partial charge in [-0.1, -0.05) is 26.0 Å². The zero-order valence-electron chi connectivity index (χ0n) is 14.8. The number of hydrogen-bond acceptors (Lipinski definition) is 5. The molecule has 3 aromatic rings. The molecule has 3 heterocycles. The van der Waals surface area contributed by atoms with Gasteiger partial charge in [0.05, 0.1) is 17.6 Å². The van der Waals surface area contributed by atoms with E-state index < -0.39 is 0 Å². The fraction of sp³-hybridized carbons (Fsp3) is 0.150. The van der Waals surface area contributed by atoms with Crippen LogP contribution in [0.25, 0.3) is 16.8 Å². The van der Waals surface area contributed by atoms with Crippen molar-refractivity contribution in [2.45, 2.75) is 19.8 Å². The molecule has 1 aliphatic heterocycles. The van der Waals surface area contributed by atoms with Gasteiger partial charge in [-0.15, -0.1) is 11.3 Å². The van der Waals surface area contributed by atoms with Gasteiger partial charge in [-0.2, -0.15) is 0 Å². The van der Waals surface area contributed by atoms with Crippen LogP contribution < -0.4 is 10.2 Å². The molecule has 0 saturated carbocycles. The number of carbonyl (C=O) groups is 1. The van der Waals surface area contributed by atoms with E-state index in [4.69, 9.17) is 16.6 Å². The average molecular weight is 396 g/mol. The van der Waals surface area contributed by atoms with Crippen LogP contribution in [0, 0.1) is 0 Å². The molecule has 1 saturated heterocycles. The van der Waals surface area contributed by atoms with Crippen molar-refractivity contribution in [1.29, 1.82) is 0 Å². The molecule has 1 amide bonds. The highest BCUT2D eigenvalue weighted by atomic mass is 32.1. The second kappa shape index (κ2) is 7.09. The first kappa shape index (κ1) is 17.6. The van der Waals surface area contributed by atoms with E-state index in [9.17, 15) is 4.79 Å². The molecule has 0 bridgehead atoms. The summed E-state index contributed by atoms with van der Waals surface area (Å²) in [5.74, 6) is 0.949. The highest BCUT2D eigenvalue weighted by molar-refractivity contribution is 7.80. The third-order valence-electron chi connectivity index (χ3n) is 4.24. The van der Waals surface area contributed by atoms with Gasteiger partial charge in [-0.3, -0.25) is 9.69 Å². The molecular formula is C20H17N3O2S2. The predicted molar refractivity (Wildman–Crippen MR) is 112 cm³/mol. The lowest BCUT2D eigenvalue weighted by molar-refractivity contribution is -0.113. The maximum absolute atomic E-state index is 12.8. The lowest BCUT2D eigenvalue weighted by Gasteiger charge is -2.15. The second-order valence-corrected chi connectivity index (χ2v) is 7.67. The summed E-state index contributed by atoms with van der Waals surface area (Å²) in [4.78, 5) is 18.8. The van der Waals surface area contributed by atoms with Crippen molar-refractivity contribution < 1.29 is 9.21 Å². The first-order chi connectivity index (χ1) is 13.0. The van der Waals surface area contributed by atoms with Crippen LogP contribution in [0.5, 0.6) is 0 Å². The molecule has 1 aliphatic rings. The Morgan fingerprint density at radius 1 is 1.26 bits per heavy atom. The largest absolute Gasteiger partial charge is 0.462 e. The third kappa shape index (κ3) is 3.43. The van der Waals surface area contributed by atoms with Crippen molar-refractivity contribution in [3.63, 3.8) is 0 Å². The number of nitrogens with one attached hydrogen (secondary N) is 1. The van der Waals surface area contributed by atoms with Crippen LogP contribution in [0.2, 0.25) is 0 Å². The maximum Gasteiger partial charge on any atom is 0.281 e. The molecule has 0 radical (unpaired) electrons. The second-order valence-electron chi connectivity index (χ2n) is 6.43. The molecule has 1 aromatic carbocycles. The fourth-order valence-electron chi connectivity index (χ4n) is 2.79. The van der Waals surface area contributed by atoms with Gasteiger partial charge in [0, 0.05) is 5.38 Å². The molecule has 0 atom stereocenters. The Kier molecular flexibility index (Phi) is 4.63. The van der Waals surface area contributed by atoms with Crippen molar-refractivity contribution in [1.82, 2.24) is 10.3 Å². The van der Waals surface area contributed by atoms with E-state index in [1.165, 1.54) is 21.8 Å². The van der Waals surface area contributed by atoms with E-state index in [1.807, 2.05) is 41.8 Å². The SMILES string of the molecule is CC(C)c1ccc(N2C(=O)/C(=C/c3csc(-c4ccco4)n3)NC2=S)cc1. The predicted octanol–water partition coefficient (Wildman–Crippen LogP) is 4.79. The summed E-state index contributed by atoms with van der Waals surface area (Å²) >= 11 is 6.83. The summed E-state index contributed by atoms with van der Waals surface area (Å²) in [6.45, 7) is 4.27. The van der Waals surface area contributed by atoms with Gasteiger partial charge in [0.2, 0.25) is 0 Å². The topological polar surface area (TPSA) is 58.4 Å². The Hall–Kier alpha value is -2.77. The van der Waals surface area contributed by atoms with Crippen molar-refractivity contribution in [2.75, 3.05) is 4.90 Å². The standard InChI is InChI=1S/C20H17N3O2S2/c1-12(2)13-5-7-15(8-6-13)23-19(24)16(22-20(23)26)10-14-11-27-18(21-14)17-4-3-9-25-17/h3-12H,1-2H3,(H,22,26)/b16-10-. The molecule has 0 spiro atoms. The number of carbonyl (C=O) groups excluding carboxylic acids is 1. The molecule has 136 valence electrons. The number of hydrogen-bond donors (Lipinski definition) is 1. The normalized spacial score (nSPS) is 15.8. The fourth-order valence-corrected chi connectivity index (χ4v) is 3.83. The molecule has 4 rings (SSSR count). The molecular weight excluding hydrogens is 378 g/mol. The van der Waals surface area contributed by atoms with Crippen molar-refractivity contribution in [2.24, 2.45) is 0 Å². The van der Waals surface area contributed by atoms with Crippen LogP contribution in [-0.4, -0.2) is 16.0 Å². The third-order valence-corrected chi connectivity index (χ3v) is 5.40.